The average molecular weight is 394 g/mol. The van der Waals surface area contributed by atoms with Gasteiger partial charge in [-0.3, -0.25) is 9.69 Å². The summed E-state index contributed by atoms with van der Waals surface area (Å²) in [5.41, 5.74) is 0.399. The van der Waals surface area contributed by atoms with E-state index < -0.39 is 10.0 Å². The minimum atomic E-state index is -3.61. The van der Waals surface area contributed by atoms with Crippen molar-refractivity contribution in [2.24, 2.45) is 0 Å². The summed E-state index contributed by atoms with van der Waals surface area (Å²) in [7, 11) is -0.278. The van der Waals surface area contributed by atoms with E-state index in [1.165, 1.54) is 23.8 Å². The van der Waals surface area contributed by atoms with Gasteiger partial charge in [0, 0.05) is 50.9 Å². The van der Waals surface area contributed by atoms with E-state index in [1.54, 1.807) is 36.6 Å². The summed E-state index contributed by atoms with van der Waals surface area (Å²) in [6.07, 6.45) is 4.27. The quantitative estimate of drug-likeness (QED) is 0.788. The molecule has 6 nitrogen and oxygen atoms in total. The van der Waals surface area contributed by atoms with Crippen LogP contribution in [0.15, 0.2) is 29.2 Å². The van der Waals surface area contributed by atoms with Crippen molar-refractivity contribution in [1.29, 1.82) is 0 Å². The molecule has 0 aliphatic carbocycles. The number of carbonyl (C=O) groups is 1. The van der Waals surface area contributed by atoms with Crippen LogP contribution in [0.2, 0.25) is 0 Å². The second kappa shape index (κ2) is 7.89. The zero-order valence-electron chi connectivity index (χ0n) is 16.8. The van der Waals surface area contributed by atoms with E-state index in [0.717, 1.165) is 12.8 Å². The van der Waals surface area contributed by atoms with Crippen LogP contribution >= 0.6 is 0 Å². The highest BCUT2D eigenvalue weighted by molar-refractivity contribution is 7.89. The molecule has 150 valence electrons. The van der Waals surface area contributed by atoms with Crippen molar-refractivity contribution in [2.75, 3.05) is 27.2 Å². The van der Waals surface area contributed by atoms with Gasteiger partial charge in [-0.15, -0.1) is 0 Å². The molecule has 2 fully saturated rings. The molecule has 2 aliphatic heterocycles. The molecule has 3 unspecified atom stereocenters. The molecule has 0 N–H and O–H groups in total. The fourth-order valence-electron chi connectivity index (χ4n) is 4.51. The molecule has 2 aliphatic rings. The summed E-state index contributed by atoms with van der Waals surface area (Å²) in [6.45, 7) is 5.56. The zero-order chi connectivity index (χ0) is 19.8. The number of sulfonamides is 1. The first-order valence-electron chi connectivity index (χ1n) is 9.81. The van der Waals surface area contributed by atoms with Gasteiger partial charge in [0.15, 0.2) is 0 Å². The Morgan fingerprint density at radius 1 is 1.11 bits per heavy atom. The van der Waals surface area contributed by atoms with E-state index in [2.05, 4.69) is 18.7 Å². The van der Waals surface area contributed by atoms with Gasteiger partial charge < -0.3 is 4.90 Å². The molecule has 2 saturated heterocycles. The molecular formula is C20H31N3O3S. The number of hydrogen-bond donors (Lipinski definition) is 0. The molecule has 1 aromatic rings. The van der Waals surface area contributed by atoms with Crippen LogP contribution in [0.1, 0.15) is 49.9 Å². The van der Waals surface area contributed by atoms with Crippen molar-refractivity contribution < 1.29 is 13.2 Å². The molecular weight excluding hydrogens is 362 g/mol. The molecule has 0 radical (unpaired) electrons. The van der Waals surface area contributed by atoms with E-state index in [-0.39, 0.29) is 16.8 Å². The normalized spacial score (nSPS) is 27.6. The second-order valence-corrected chi connectivity index (χ2v) is 10.0. The number of likely N-dealkylation sites (tertiary alicyclic amines) is 1. The van der Waals surface area contributed by atoms with Gasteiger partial charge in [-0.1, -0.05) is 6.07 Å². The molecule has 2 heterocycles. The van der Waals surface area contributed by atoms with E-state index in [4.69, 9.17) is 0 Å². The number of carbonyl (C=O) groups excluding carboxylic acids is 1. The number of benzene rings is 1. The second-order valence-electron chi connectivity index (χ2n) is 8.11. The molecule has 27 heavy (non-hydrogen) atoms. The smallest absolute Gasteiger partial charge is 0.253 e. The lowest BCUT2D eigenvalue weighted by Crippen LogP contribution is -2.52. The number of piperidine rings is 1. The van der Waals surface area contributed by atoms with Gasteiger partial charge in [0.25, 0.3) is 5.91 Å². The van der Waals surface area contributed by atoms with Gasteiger partial charge in [0.2, 0.25) is 10.0 Å². The molecule has 1 amide bonds. The molecule has 3 rings (SSSR count). The topological polar surface area (TPSA) is 60.9 Å². The van der Waals surface area contributed by atoms with Gasteiger partial charge in [-0.25, -0.2) is 8.42 Å². The maximum atomic E-state index is 13.2. The minimum absolute atomic E-state index is 0.191. The highest BCUT2D eigenvalue weighted by atomic mass is 32.2. The fourth-order valence-corrected chi connectivity index (χ4v) is 6.08. The predicted molar refractivity (Wildman–Crippen MR) is 106 cm³/mol. The summed E-state index contributed by atoms with van der Waals surface area (Å²) in [5.74, 6) is -0.191. The van der Waals surface area contributed by atoms with E-state index in [1.807, 2.05) is 0 Å². The third-order valence-corrected chi connectivity index (χ3v) is 7.79. The number of rotatable bonds is 4. The lowest BCUT2D eigenvalue weighted by atomic mass is 10.0. The number of nitrogens with zero attached hydrogens (tertiary/aromatic N) is 3. The number of hydrogen-bond acceptors (Lipinski definition) is 4. The monoisotopic (exact) mass is 393 g/mol. The molecule has 0 bridgehead atoms. The van der Waals surface area contributed by atoms with Gasteiger partial charge in [0.05, 0.1) is 4.90 Å². The van der Waals surface area contributed by atoms with Crippen LogP contribution in [-0.2, 0) is 10.0 Å². The molecule has 0 saturated carbocycles. The Hall–Kier alpha value is -1.44. The lowest BCUT2D eigenvalue weighted by Gasteiger charge is -2.41. The van der Waals surface area contributed by atoms with E-state index >= 15 is 0 Å². The third kappa shape index (κ3) is 4.05. The summed E-state index contributed by atoms with van der Waals surface area (Å²) < 4.78 is 28.1. The van der Waals surface area contributed by atoms with Gasteiger partial charge >= 0.3 is 0 Å². The highest BCUT2D eigenvalue weighted by Crippen LogP contribution is 2.31. The van der Waals surface area contributed by atoms with E-state index in [9.17, 15) is 13.2 Å². The fraction of sp³-hybridized carbons (Fsp3) is 0.650. The van der Waals surface area contributed by atoms with Gasteiger partial charge in [-0.05, 0) is 57.7 Å². The molecule has 1 aromatic carbocycles. The number of amides is 1. The Labute approximate surface area is 163 Å². The summed E-state index contributed by atoms with van der Waals surface area (Å²) in [4.78, 5) is 16.4. The van der Waals surface area contributed by atoms with Crippen LogP contribution in [0.4, 0.5) is 0 Å². The molecule has 0 aromatic heterocycles. The first kappa shape index (κ1) is 20.3. The van der Waals surface area contributed by atoms with Crippen molar-refractivity contribution in [1.82, 2.24) is 14.1 Å². The van der Waals surface area contributed by atoms with Crippen molar-refractivity contribution in [3.05, 3.63) is 29.8 Å². The van der Waals surface area contributed by atoms with Crippen LogP contribution in [0, 0.1) is 0 Å². The Bertz CT molecular complexity index is 783. The van der Waals surface area contributed by atoms with Gasteiger partial charge in [0.1, 0.15) is 0 Å². The highest BCUT2D eigenvalue weighted by Gasteiger charge is 2.38. The van der Waals surface area contributed by atoms with Crippen LogP contribution < -0.4 is 0 Å². The largest absolute Gasteiger partial charge is 0.345 e. The average Bonchev–Trinajstić information content (AvgIpc) is 2.99. The Morgan fingerprint density at radius 2 is 1.78 bits per heavy atom. The SMILES string of the molecule is CC1CCC(C)N1C1CCCN(S(=O)(=O)c2cccc(C(=O)N(C)C)c2)C1. The maximum Gasteiger partial charge on any atom is 0.253 e. The van der Waals surface area contributed by atoms with Crippen LogP contribution in [0.3, 0.4) is 0 Å². The van der Waals surface area contributed by atoms with Crippen molar-refractivity contribution >= 4 is 15.9 Å². The zero-order valence-corrected chi connectivity index (χ0v) is 17.6. The Kier molecular flexibility index (Phi) is 5.93. The maximum absolute atomic E-state index is 13.2. The first-order valence-corrected chi connectivity index (χ1v) is 11.2. The standard InChI is InChI=1S/C20H31N3O3S/c1-15-10-11-16(2)23(15)18-8-6-12-22(14-18)27(25,26)19-9-5-7-17(13-19)20(24)21(3)4/h5,7,9,13,15-16,18H,6,8,10-12,14H2,1-4H3. The van der Waals surface area contributed by atoms with Crippen LogP contribution in [0.25, 0.3) is 0 Å². The third-order valence-electron chi connectivity index (χ3n) is 5.93. The Balaban J connectivity index is 1.82. The van der Waals surface area contributed by atoms with Crippen LogP contribution in [0.5, 0.6) is 0 Å². The summed E-state index contributed by atoms with van der Waals surface area (Å²) in [6, 6.07) is 7.69. The van der Waals surface area contributed by atoms with E-state index in [0.29, 0.717) is 30.7 Å². The molecule has 7 heteroatoms. The first-order chi connectivity index (χ1) is 12.7. The molecule has 0 spiro atoms. The molecule has 3 atom stereocenters. The Morgan fingerprint density at radius 3 is 2.41 bits per heavy atom. The van der Waals surface area contributed by atoms with Crippen LogP contribution in [-0.4, -0.2) is 73.7 Å². The lowest BCUT2D eigenvalue weighted by molar-refractivity contribution is 0.0827. The predicted octanol–water partition coefficient (Wildman–Crippen LogP) is 2.41. The summed E-state index contributed by atoms with van der Waals surface area (Å²) >= 11 is 0. The van der Waals surface area contributed by atoms with Crippen molar-refractivity contribution in [3.63, 3.8) is 0 Å². The summed E-state index contributed by atoms with van der Waals surface area (Å²) in [5, 5.41) is 0. The van der Waals surface area contributed by atoms with Gasteiger partial charge in [-0.2, -0.15) is 4.31 Å². The van der Waals surface area contributed by atoms with Crippen molar-refractivity contribution in [2.45, 2.75) is 62.6 Å². The van der Waals surface area contributed by atoms with Crippen molar-refractivity contribution in [3.8, 4) is 0 Å². The minimum Gasteiger partial charge on any atom is -0.345 e.